The highest BCUT2D eigenvalue weighted by atomic mass is 32.2. The molecule has 0 aliphatic heterocycles. The molecule has 1 unspecified atom stereocenters. The number of nitrogens with one attached hydrogen (secondary N) is 1. The molecule has 6 nitrogen and oxygen atoms in total. The number of halogens is 1. The van der Waals surface area contributed by atoms with E-state index in [1.165, 1.54) is 30.3 Å². The number of alkyl halides is 1. The Hall–Kier alpha value is -1.93. The largest absolute Gasteiger partial charge is 0.491 e. The Balaban J connectivity index is 2.91. The molecular weight excluding hydrogens is 349 g/mol. The second-order valence-corrected chi connectivity index (χ2v) is 7.95. The number of carbonyl (C=O) groups excluding carboxylic acids is 1. The maximum atomic E-state index is 12.5. The molecular formula is C17H24FNO5S. The van der Waals surface area contributed by atoms with Crippen molar-refractivity contribution in [3.05, 3.63) is 36.9 Å². The van der Waals surface area contributed by atoms with E-state index in [2.05, 4.69) is 11.3 Å². The quantitative estimate of drug-likeness (QED) is 0.531. The summed E-state index contributed by atoms with van der Waals surface area (Å²) in [4.78, 5) is 12.1. The molecule has 0 saturated carbocycles. The first-order chi connectivity index (χ1) is 11.6. The number of esters is 1. The Kier molecular flexibility index (Phi) is 7.57. The van der Waals surface area contributed by atoms with Gasteiger partial charge >= 0.3 is 5.97 Å². The summed E-state index contributed by atoms with van der Waals surface area (Å²) >= 11 is 0. The molecule has 1 N–H and O–H groups in total. The average molecular weight is 373 g/mol. The molecule has 0 aliphatic rings. The zero-order valence-electron chi connectivity index (χ0n) is 14.6. The number of sulfonamides is 1. The van der Waals surface area contributed by atoms with Crippen molar-refractivity contribution in [2.45, 2.75) is 43.7 Å². The van der Waals surface area contributed by atoms with Crippen LogP contribution in [0.25, 0.3) is 0 Å². The van der Waals surface area contributed by atoms with Crippen molar-refractivity contribution in [3.8, 4) is 5.75 Å². The first kappa shape index (κ1) is 21.1. The highest BCUT2D eigenvalue weighted by Gasteiger charge is 2.29. The van der Waals surface area contributed by atoms with Crippen LogP contribution in [0.4, 0.5) is 4.39 Å². The van der Waals surface area contributed by atoms with Gasteiger partial charge in [0.05, 0.1) is 4.90 Å². The summed E-state index contributed by atoms with van der Waals surface area (Å²) in [7, 11) is -3.95. The van der Waals surface area contributed by atoms with Gasteiger partial charge in [-0.3, -0.25) is 4.79 Å². The topological polar surface area (TPSA) is 81.7 Å². The van der Waals surface area contributed by atoms with Crippen LogP contribution in [0, 0.1) is 0 Å². The first-order valence-electron chi connectivity index (χ1n) is 7.74. The summed E-state index contributed by atoms with van der Waals surface area (Å²) in [5.41, 5.74) is -0.739. The van der Waals surface area contributed by atoms with E-state index in [1.807, 2.05) is 0 Å². The van der Waals surface area contributed by atoms with Crippen molar-refractivity contribution < 1.29 is 27.1 Å². The maximum absolute atomic E-state index is 12.5. The number of hydrogen-bond acceptors (Lipinski definition) is 5. The molecule has 0 amide bonds. The second-order valence-electron chi connectivity index (χ2n) is 6.24. The Morgan fingerprint density at radius 2 is 1.92 bits per heavy atom. The maximum Gasteiger partial charge on any atom is 0.325 e. The molecule has 0 fully saturated rings. The minimum Gasteiger partial charge on any atom is -0.491 e. The van der Waals surface area contributed by atoms with Gasteiger partial charge in [-0.1, -0.05) is 6.08 Å². The van der Waals surface area contributed by atoms with Crippen LogP contribution in [0.5, 0.6) is 5.75 Å². The van der Waals surface area contributed by atoms with Gasteiger partial charge in [-0.15, -0.1) is 6.58 Å². The third-order valence-electron chi connectivity index (χ3n) is 2.87. The molecule has 1 rings (SSSR count). The minimum absolute atomic E-state index is 0.0438. The number of benzene rings is 1. The fourth-order valence-electron chi connectivity index (χ4n) is 1.86. The highest BCUT2D eigenvalue weighted by molar-refractivity contribution is 7.89. The smallest absolute Gasteiger partial charge is 0.325 e. The van der Waals surface area contributed by atoms with Crippen molar-refractivity contribution >= 4 is 16.0 Å². The zero-order valence-corrected chi connectivity index (χ0v) is 15.4. The summed E-state index contributed by atoms with van der Waals surface area (Å²) < 4.78 is 49.6. The summed E-state index contributed by atoms with van der Waals surface area (Å²) in [5, 5.41) is 0. The summed E-state index contributed by atoms with van der Waals surface area (Å²) in [5.74, 6) is -0.328. The van der Waals surface area contributed by atoms with Gasteiger partial charge in [0.1, 0.15) is 30.7 Å². The van der Waals surface area contributed by atoms with Crippen LogP contribution in [0.2, 0.25) is 0 Å². The number of ether oxygens (including phenoxy) is 2. The van der Waals surface area contributed by atoms with Crippen LogP contribution in [-0.4, -0.2) is 39.3 Å². The van der Waals surface area contributed by atoms with E-state index in [0.717, 1.165) is 0 Å². The molecule has 1 atom stereocenters. The Morgan fingerprint density at radius 3 is 2.40 bits per heavy atom. The van der Waals surface area contributed by atoms with Gasteiger partial charge in [0.15, 0.2) is 0 Å². The van der Waals surface area contributed by atoms with E-state index >= 15 is 0 Å². The molecule has 1 aromatic carbocycles. The van der Waals surface area contributed by atoms with E-state index < -0.39 is 34.3 Å². The molecule has 8 heteroatoms. The number of hydrogen-bond donors (Lipinski definition) is 1. The molecule has 0 heterocycles. The monoisotopic (exact) mass is 373 g/mol. The Bertz CT molecular complexity index is 680. The Labute approximate surface area is 148 Å². The fourth-order valence-corrected chi connectivity index (χ4v) is 3.06. The average Bonchev–Trinajstić information content (AvgIpc) is 2.51. The van der Waals surface area contributed by atoms with Gasteiger partial charge in [-0.05, 0) is 51.5 Å². The summed E-state index contributed by atoms with van der Waals surface area (Å²) in [6.45, 7) is 7.87. The normalized spacial score (nSPS) is 13.1. The van der Waals surface area contributed by atoms with E-state index in [1.54, 1.807) is 20.8 Å². The molecule has 1 aromatic rings. The fraction of sp³-hybridized carbons (Fsp3) is 0.471. The molecule has 140 valence electrons. The predicted octanol–water partition coefficient (Wildman–Crippen LogP) is 2.60. The van der Waals surface area contributed by atoms with Gasteiger partial charge in [0.2, 0.25) is 10.0 Å². The third kappa shape index (κ3) is 7.23. The molecule has 0 spiro atoms. The zero-order chi connectivity index (χ0) is 19.1. The van der Waals surface area contributed by atoms with Gasteiger partial charge in [0.25, 0.3) is 0 Å². The first-order valence-corrected chi connectivity index (χ1v) is 9.22. The van der Waals surface area contributed by atoms with Crippen molar-refractivity contribution in [3.63, 3.8) is 0 Å². The molecule has 0 radical (unpaired) electrons. The molecule has 25 heavy (non-hydrogen) atoms. The van der Waals surface area contributed by atoms with Gasteiger partial charge in [-0.25, -0.2) is 12.8 Å². The van der Waals surface area contributed by atoms with Crippen LogP contribution < -0.4 is 9.46 Å². The standard InChI is InChI=1S/C17H24FNO5S/c1-5-6-15(16(20)24-17(2,3)4)19-25(21,22)14-9-7-13(8-10-14)23-12-11-18/h5,7-10,15,19H,1,6,11-12H2,2-4H3. The summed E-state index contributed by atoms with van der Waals surface area (Å²) in [6, 6.07) is 4.39. The Morgan fingerprint density at radius 1 is 1.32 bits per heavy atom. The van der Waals surface area contributed by atoms with Crippen molar-refractivity contribution in [2.75, 3.05) is 13.3 Å². The lowest BCUT2D eigenvalue weighted by molar-refractivity contribution is -0.156. The summed E-state index contributed by atoms with van der Waals surface area (Å²) in [6.07, 6.45) is 1.52. The predicted molar refractivity (Wildman–Crippen MR) is 92.7 cm³/mol. The van der Waals surface area contributed by atoms with E-state index in [0.29, 0.717) is 5.75 Å². The SMILES string of the molecule is C=CCC(NS(=O)(=O)c1ccc(OCCF)cc1)C(=O)OC(C)(C)C. The number of carbonyl (C=O) groups is 1. The molecule has 0 aromatic heterocycles. The molecule has 0 saturated heterocycles. The van der Waals surface area contributed by atoms with Gasteiger partial charge in [0, 0.05) is 0 Å². The van der Waals surface area contributed by atoms with Crippen molar-refractivity contribution in [2.24, 2.45) is 0 Å². The van der Waals surface area contributed by atoms with E-state index in [-0.39, 0.29) is 17.9 Å². The third-order valence-corrected chi connectivity index (χ3v) is 4.36. The lowest BCUT2D eigenvalue weighted by Gasteiger charge is -2.24. The minimum atomic E-state index is -3.95. The number of rotatable bonds is 9. The van der Waals surface area contributed by atoms with Crippen molar-refractivity contribution in [1.82, 2.24) is 4.72 Å². The van der Waals surface area contributed by atoms with Gasteiger partial charge in [-0.2, -0.15) is 4.72 Å². The van der Waals surface area contributed by atoms with E-state index in [9.17, 15) is 17.6 Å². The van der Waals surface area contributed by atoms with Crippen LogP contribution >= 0.6 is 0 Å². The molecule has 0 aliphatic carbocycles. The van der Waals surface area contributed by atoms with Crippen molar-refractivity contribution in [1.29, 1.82) is 0 Å². The van der Waals surface area contributed by atoms with E-state index in [4.69, 9.17) is 9.47 Å². The highest BCUT2D eigenvalue weighted by Crippen LogP contribution is 2.17. The van der Waals surface area contributed by atoms with Crippen LogP contribution in [0.1, 0.15) is 27.2 Å². The lowest BCUT2D eigenvalue weighted by atomic mass is 10.1. The van der Waals surface area contributed by atoms with Crippen LogP contribution in [0.15, 0.2) is 41.8 Å². The van der Waals surface area contributed by atoms with Crippen LogP contribution in [0.3, 0.4) is 0 Å². The second kappa shape index (κ2) is 8.96. The lowest BCUT2D eigenvalue weighted by Crippen LogP contribution is -2.43. The van der Waals surface area contributed by atoms with Gasteiger partial charge < -0.3 is 9.47 Å². The van der Waals surface area contributed by atoms with Crippen LogP contribution in [-0.2, 0) is 19.6 Å². The molecule has 0 bridgehead atoms.